The first-order chi connectivity index (χ1) is 11.4. The van der Waals surface area contributed by atoms with Crippen molar-refractivity contribution in [2.45, 2.75) is 87.9 Å². The van der Waals surface area contributed by atoms with E-state index in [1.165, 1.54) is 43.4 Å². The molecule has 2 N–H and O–H groups in total. The molecule has 2 aliphatic rings. The van der Waals surface area contributed by atoms with Crippen LogP contribution >= 0.6 is 11.8 Å². The topological polar surface area (TPSA) is 69.6 Å². The molecule has 0 aliphatic carbocycles. The Labute approximate surface area is 149 Å². The van der Waals surface area contributed by atoms with Gasteiger partial charge in [0.05, 0.1) is 0 Å². The number of hydrogen-bond donors (Lipinski definition) is 2. The Hall–Kier alpha value is -1.17. The lowest BCUT2D eigenvalue weighted by atomic mass is 9.96. The number of fused-ring (bicyclic) bond motifs is 1. The maximum atomic E-state index is 12.3. The number of hydrogen-bond acceptors (Lipinski definition) is 4. The summed E-state index contributed by atoms with van der Waals surface area (Å²) in [6.45, 7) is 6.01. The SMILES string of the molecule is CCCCCCCC/C=C/N[C@@H]1C(=O)N2[C@@H]1SC(C)(C)[C@@H]2C(=O)O. The second kappa shape index (κ2) is 8.28. The van der Waals surface area contributed by atoms with E-state index in [0.717, 1.165) is 6.42 Å². The minimum atomic E-state index is -0.916. The average molecular weight is 355 g/mol. The van der Waals surface area contributed by atoms with Gasteiger partial charge in [-0.25, -0.2) is 4.79 Å². The van der Waals surface area contributed by atoms with E-state index in [1.807, 2.05) is 20.0 Å². The molecule has 5 nitrogen and oxygen atoms in total. The maximum absolute atomic E-state index is 12.3. The number of nitrogens with zero attached hydrogens (tertiary/aromatic N) is 1. The van der Waals surface area contributed by atoms with E-state index in [1.54, 1.807) is 11.8 Å². The third-order valence-electron chi connectivity index (χ3n) is 4.79. The van der Waals surface area contributed by atoms with Crippen LogP contribution in [-0.2, 0) is 9.59 Å². The first-order valence-corrected chi connectivity index (χ1v) is 9.92. The smallest absolute Gasteiger partial charge is 0.327 e. The van der Waals surface area contributed by atoms with Crippen molar-refractivity contribution in [3.63, 3.8) is 0 Å². The van der Waals surface area contributed by atoms with Crippen LogP contribution in [0.25, 0.3) is 0 Å². The van der Waals surface area contributed by atoms with E-state index in [2.05, 4.69) is 18.3 Å². The van der Waals surface area contributed by atoms with Crippen molar-refractivity contribution in [3.05, 3.63) is 12.3 Å². The van der Waals surface area contributed by atoms with E-state index in [-0.39, 0.29) is 17.3 Å². The highest BCUT2D eigenvalue weighted by molar-refractivity contribution is 8.01. The Balaban J connectivity index is 1.71. The summed E-state index contributed by atoms with van der Waals surface area (Å²) in [5.41, 5.74) is 0. The van der Waals surface area contributed by atoms with Gasteiger partial charge in [-0.15, -0.1) is 11.8 Å². The predicted molar refractivity (Wildman–Crippen MR) is 97.8 cm³/mol. The zero-order valence-corrected chi connectivity index (χ0v) is 15.8. The van der Waals surface area contributed by atoms with Gasteiger partial charge in [0, 0.05) is 4.75 Å². The summed E-state index contributed by atoms with van der Waals surface area (Å²) in [6.07, 6.45) is 12.6. The Morgan fingerprint density at radius 2 is 1.96 bits per heavy atom. The van der Waals surface area contributed by atoms with Crippen LogP contribution in [0.5, 0.6) is 0 Å². The summed E-state index contributed by atoms with van der Waals surface area (Å²) in [7, 11) is 0. The van der Waals surface area contributed by atoms with Crippen molar-refractivity contribution < 1.29 is 14.7 Å². The van der Waals surface area contributed by atoms with Crippen molar-refractivity contribution in [3.8, 4) is 0 Å². The summed E-state index contributed by atoms with van der Waals surface area (Å²) in [5, 5.41) is 12.5. The molecule has 0 radical (unpaired) electrons. The fourth-order valence-corrected chi connectivity index (χ4v) is 5.10. The van der Waals surface area contributed by atoms with Gasteiger partial charge in [0.15, 0.2) is 0 Å². The van der Waals surface area contributed by atoms with Crippen molar-refractivity contribution in [1.82, 2.24) is 10.2 Å². The van der Waals surface area contributed by atoms with Gasteiger partial charge in [-0.3, -0.25) is 4.79 Å². The number of amides is 1. The summed E-state index contributed by atoms with van der Waals surface area (Å²) in [4.78, 5) is 25.2. The molecule has 0 saturated carbocycles. The fourth-order valence-electron chi connectivity index (χ4n) is 3.46. The molecule has 0 aromatic rings. The molecular weight excluding hydrogens is 324 g/mol. The molecule has 0 unspecified atom stereocenters. The second-order valence-electron chi connectivity index (χ2n) is 7.20. The van der Waals surface area contributed by atoms with Crippen LogP contribution < -0.4 is 5.32 Å². The van der Waals surface area contributed by atoms with Crippen molar-refractivity contribution >= 4 is 23.6 Å². The number of aliphatic carboxylic acids is 1. The van der Waals surface area contributed by atoms with Crippen LogP contribution in [0.4, 0.5) is 0 Å². The Morgan fingerprint density at radius 1 is 1.29 bits per heavy atom. The molecule has 1 amide bonds. The quantitative estimate of drug-likeness (QED) is 0.465. The van der Waals surface area contributed by atoms with Crippen molar-refractivity contribution in [2.24, 2.45) is 0 Å². The van der Waals surface area contributed by atoms with Gasteiger partial charge >= 0.3 is 5.97 Å². The van der Waals surface area contributed by atoms with E-state index in [9.17, 15) is 14.7 Å². The number of β-lactam (4-membered cyclic amide) rings is 1. The van der Waals surface area contributed by atoms with Crippen LogP contribution in [0.15, 0.2) is 12.3 Å². The van der Waals surface area contributed by atoms with Crippen molar-refractivity contribution in [2.75, 3.05) is 0 Å². The number of allylic oxidation sites excluding steroid dienone is 1. The van der Waals surface area contributed by atoms with E-state index >= 15 is 0 Å². The zero-order chi connectivity index (χ0) is 17.7. The first-order valence-electron chi connectivity index (χ1n) is 9.04. The number of carbonyl (C=O) groups is 2. The monoisotopic (exact) mass is 354 g/mol. The molecular formula is C18H30N2O3S. The highest BCUT2D eigenvalue weighted by Crippen LogP contribution is 2.50. The summed E-state index contributed by atoms with van der Waals surface area (Å²) in [5.74, 6) is -1.02. The van der Waals surface area contributed by atoms with Gasteiger partial charge in [0.25, 0.3) is 0 Å². The zero-order valence-electron chi connectivity index (χ0n) is 15.0. The standard InChI is InChI=1S/C18H30N2O3S/c1-4-5-6-7-8-9-10-11-12-19-13-15(21)20-14(17(22)23)18(2,3)24-16(13)20/h11-14,16,19H,4-10H2,1-3H3,(H,22,23)/b12-11+/t13-,14+,16-/m1/s1. The molecule has 2 aliphatic heterocycles. The maximum Gasteiger partial charge on any atom is 0.327 e. The normalized spacial score (nSPS) is 28.0. The van der Waals surface area contributed by atoms with E-state index in [4.69, 9.17) is 0 Å². The number of nitrogens with one attached hydrogen (secondary N) is 1. The number of rotatable bonds is 10. The second-order valence-corrected chi connectivity index (χ2v) is 8.97. The lowest BCUT2D eigenvalue weighted by molar-refractivity contribution is -0.159. The van der Waals surface area contributed by atoms with Crippen LogP contribution in [0.3, 0.4) is 0 Å². The average Bonchev–Trinajstić information content (AvgIpc) is 2.77. The van der Waals surface area contributed by atoms with Gasteiger partial charge in [0.1, 0.15) is 17.5 Å². The first kappa shape index (κ1) is 19.2. The minimum Gasteiger partial charge on any atom is -0.480 e. The lowest BCUT2D eigenvalue weighted by Gasteiger charge is -2.43. The van der Waals surface area contributed by atoms with Gasteiger partial charge in [-0.1, -0.05) is 45.1 Å². The van der Waals surface area contributed by atoms with Crippen molar-refractivity contribution in [1.29, 1.82) is 0 Å². The van der Waals surface area contributed by atoms with Crippen LogP contribution in [0.2, 0.25) is 0 Å². The minimum absolute atomic E-state index is 0.0766. The van der Waals surface area contributed by atoms with Gasteiger partial charge in [0.2, 0.25) is 5.91 Å². The number of thioether (sulfide) groups is 1. The van der Waals surface area contributed by atoms with E-state index < -0.39 is 16.8 Å². The van der Waals surface area contributed by atoms with Crippen LogP contribution in [0, 0.1) is 0 Å². The van der Waals surface area contributed by atoms with Crippen LogP contribution in [0.1, 0.15) is 65.7 Å². The highest BCUT2D eigenvalue weighted by Gasteiger charge is 2.63. The van der Waals surface area contributed by atoms with E-state index in [0.29, 0.717) is 0 Å². The predicted octanol–water partition coefficient (Wildman–Crippen LogP) is 3.36. The molecule has 0 spiro atoms. The summed E-state index contributed by atoms with van der Waals surface area (Å²) in [6, 6.07) is -1.02. The Morgan fingerprint density at radius 3 is 2.62 bits per heavy atom. The summed E-state index contributed by atoms with van der Waals surface area (Å²) >= 11 is 1.57. The molecule has 2 fully saturated rings. The fraction of sp³-hybridized carbons (Fsp3) is 0.778. The van der Waals surface area contributed by atoms with Gasteiger partial charge in [-0.2, -0.15) is 0 Å². The molecule has 6 heteroatoms. The van der Waals surface area contributed by atoms with Crippen LogP contribution in [-0.4, -0.2) is 44.1 Å². The molecule has 0 bridgehead atoms. The summed E-state index contributed by atoms with van der Waals surface area (Å²) < 4.78 is -0.454. The molecule has 0 aromatic heterocycles. The van der Waals surface area contributed by atoms with Gasteiger partial charge in [-0.05, 0) is 32.9 Å². The highest BCUT2D eigenvalue weighted by atomic mass is 32.2. The third-order valence-corrected chi connectivity index (χ3v) is 6.36. The molecule has 136 valence electrons. The molecule has 0 aromatic carbocycles. The lowest BCUT2D eigenvalue weighted by Crippen LogP contribution is -2.69. The number of carboxylic acid groups (broad SMARTS) is 1. The Bertz CT molecular complexity index is 493. The Kier molecular flexibility index (Phi) is 6.61. The molecule has 2 heterocycles. The number of unbranched alkanes of at least 4 members (excludes halogenated alkanes) is 6. The third kappa shape index (κ3) is 4.08. The molecule has 24 heavy (non-hydrogen) atoms. The molecule has 2 rings (SSSR count). The molecule has 2 saturated heterocycles. The number of carbonyl (C=O) groups excluding carboxylic acids is 1. The largest absolute Gasteiger partial charge is 0.480 e. The number of carboxylic acids is 1. The van der Waals surface area contributed by atoms with Gasteiger partial charge < -0.3 is 15.3 Å². The molecule has 3 atom stereocenters.